The van der Waals surface area contributed by atoms with Crippen LogP contribution in [0.15, 0.2) is 49.1 Å². The maximum Gasteiger partial charge on any atom is 0.248 e. The summed E-state index contributed by atoms with van der Waals surface area (Å²) in [5.74, 6) is 0.0734. The van der Waals surface area contributed by atoms with Crippen molar-refractivity contribution in [3.8, 4) is 11.1 Å². The van der Waals surface area contributed by atoms with Crippen molar-refractivity contribution < 1.29 is 4.79 Å². The highest BCUT2D eigenvalue weighted by atomic mass is 16.1. The molecule has 0 unspecified atom stereocenters. The molecule has 0 atom stereocenters. The summed E-state index contributed by atoms with van der Waals surface area (Å²) in [7, 11) is 0. The third-order valence-corrected chi connectivity index (χ3v) is 3.93. The van der Waals surface area contributed by atoms with Crippen LogP contribution in [0.1, 0.15) is 21.5 Å². The van der Waals surface area contributed by atoms with E-state index in [2.05, 4.69) is 20.3 Å². The number of nitrogens with two attached hydrogens (primary N) is 1. The highest BCUT2D eigenvalue weighted by Crippen LogP contribution is 2.27. The molecule has 0 aliphatic carbocycles. The Balaban J connectivity index is 1.89. The molecule has 1 amide bonds. The number of aromatic nitrogens is 3. The number of anilines is 2. The second kappa shape index (κ2) is 6.45. The summed E-state index contributed by atoms with van der Waals surface area (Å²) in [6.45, 7) is 3.84. The number of nitrogens with zero attached hydrogens (tertiary/aromatic N) is 3. The van der Waals surface area contributed by atoms with Crippen molar-refractivity contribution in [3.63, 3.8) is 0 Å². The predicted octanol–water partition coefficient (Wildman–Crippen LogP) is 3.00. The lowest BCUT2D eigenvalue weighted by atomic mass is 9.95. The monoisotopic (exact) mass is 319 g/mol. The number of pyridine rings is 1. The molecule has 0 radical (unpaired) electrons. The molecule has 0 bridgehead atoms. The Morgan fingerprint density at radius 3 is 2.42 bits per heavy atom. The number of hydrogen-bond acceptors (Lipinski definition) is 5. The van der Waals surface area contributed by atoms with Crippen LogP contribution in [-0.4, -0.2) is 20.9 Å². The standard InChI is InChI=1S/C18H17N5O/c1-11-12(2)16(17(19)24)6-5-15(11)13-8-21-18(22-9-13)23-14-4-3-7-20-10-14/h3-10H,1-2H3,(H2,19,24)(H,21,22,23). The Labute approximate surface area is 139 Å². The Bertz CT molecular complexity index is 876. The number of carbonyl (C=O) groups is 1. The SMILES string of the molecule is Cc1c(C(N)=O)ccc(-c2cnc(Nc3cccnc3)nc2)c1C. The third-order valence-electron chi connectivity index (χ3n) is 3.93. The van der Waals surface area contributed by atoms with E-state index in [-0.39, 0.29) is 0 Å². The molecule has 0 spiro atoms. The Kier molecular flexibility index (Phi) is 4.20. The van der Waals surface area contributed by atoms with Gasteiger partial charge in [-0.1, -0.05) is 6.07 Å². The van der Waals surface area contributed by atoms with Gasteiger partial charge in [0.1, 0.15) is 0 Å². The van der Waals surface area contributed by atoms with Crippen molar-refractivity contribution in [2.24, 2.45) is 5.73 Å². The zero-order valence-electron chi connectivity index (χ0n) is 13.4. The van der Waals surface area contributed by atoms with Gasteiger partial charge >= 0.3 is 0 Å². The second-order valence-corrected chi connectivity index (χ2v) is 5.44. The molecule has 6 nitrogen and oxygen atoms in total. The van der Waals surface area contributed by atoms with E-state index < -0.39 is 5.91 Å². The fourth-order valence-electron chi connectivity index (χ4n) is 2.50. The van der Waals surface area contributed by atoms with E-state index in [0.717, 1.165) is 27.9 Å². The van der Waals surface area contributed by atoms with Crippen LogP contribution in [0.3, 0.4) is 0 Å². The fraction of sp³-hybridized carbons (Fsp3) is 0.111. The second-order valence-electron chi connectivity index (χ2n) is 5.44. The van der Waals surface area contributed by atoms with E-state index in [1.807, 2.05) is 32.0 Å². The van der Waals surface area contributed by atoms with E-state index in [0.29, 0.717) is 11.5 Å². The van der Waals surface area contributed by atoms with Gasteiger partial charge in [0.25, 0.3) is 0 Å². The van der Waals surface area contributed by atoms with Gasteiger partial charge in [0.05, 0.1) is 11.9 Å². The van der Waals surface area contributed by atoms with Crippen molar-refractivity contribution in [3.05, 3.63) is 65.7 Å². The van der Waals surface area contributed by atoms with Crippen LogP contribution in [0.5, 0.6) is 0 Å². The average Bonchev–Trinajstić information content (AvgIpc) is 2.59. The van der Waals surface area contributed by atoms with Crippen molar-refractivity contribution in [2.45, 2.75) is 13.8 Å². The molecule has 2 aromatic heterocycles. The first-order valence-corrected chi connectivity index (χ1v) is 7.45. The molecular weight excluding hydrogens is 302 g/mol. The minimum absolute atomic E-state index is 0.422. The average molecular weight is 319 g/mol. The Morgan fingerprint density at radius 1 is 1.04 bits per heavy atom. The van der Waals surface area contributed by atoms with Crippen LogP contribution >= 0.6 is 0 Å². The van der Waals surface area contributed by atoms with Crippen molar-refractivity contribution in [1.29, 1.82) is 0 Å². The molecule has 1 aromatic carbocycles. The van der Waals surface area contributed by atoms with Crippen molar-refractivity contribution in [1.82, 2.24) is 15.0 Å². The van der Waals surface area contributed by atoms with Gasteiger partial charge in [0, 0.05) is 29.7 Å². The molecule has 0 aliphatic rings. The summed E-state index contributed by atoms with van der Waals surface area (Å²) in [5, 5.41) is 3.09. The van der Waals surface area contributed by atoms with Crippen molar-refractivity contribution in [2.75, 3.05) is 5.32 Å². The van der Waals surface area contributed by atoms with Gasteiger partial charge in [0.15, 0.2) is 0 Å². The molecule has 0 saturated heterocycles. The molecule has 24 heavy (non-hydrogen) atoms. The van der Waals surface area contributed by atoms with Crippen LogP contribution in [0.4, 0.5) is 11.6 Å². The number of benzene rings is 1. The molecule has 3 N–H and O–H groups in total. The van der Waals surface area contributed by atoms with Crippen LogP contribution in [0.2, 0.25) is 0 Å². The zero-order valence-corrected chi connectivity index (χ0v) is 13.4. The molecule has 0 saturated carbocycles. The van der Waals surface area contributed by atoms with Gasteiger partial charge in [-0.05, 0) is 48.7 Å². The van der Waals surface area contributed by atoms with Crippen LogP contribution in [-0.2, 0) is 0 Å². The van der Waals surface area contributed by atoms with E-state index in [4.69, 9.17) is 5.73 Å². The van der Waals surface area contributed by atoms with Crippen LogP contribution < -0.4 is 11.1 Å². The number of rotatable bonds is 4. The number of hydrogen-bond donors (Lipinski definition) is 2. The molecule has 120 valence electrons. The number of nitrogens with one attached hydrogen (secondary N) is 1. The third kappa shape index (κ3) is 3.08. The summed E-state index contributed by atoms with van der Waals surface area (Å²) in [6, 6.07) is 7.33. The minimum atomic E-state index is -0.422. The van der Waals surface area contributed by atoms with E-state index >= 15 is 0 Å². The van der Waals surface area contributed by atoms with Crippen LogP contribution in [0.25, 0.3) is 11.1 Å². The smallest absolute Gasteiger partial charge is 0.248 e. The molecule has 0 fully saturated rings. The van der Waals surface area contributed by atoms with E-state index in [1.165, 1.54) is 0 Å². The topological polar surface area (TPSA) is 93.8 Å². The molecular formula is C18H17N5O. The first-order chi connectivity index (χ1) is 11.6. The van der Waals surface area contributed by atoms with Gasteiger partial charge in [-0.2, -0.15) is 0 Å². The lowest BCUT2D eigenvalue weighted by Crippen LogP contribution is -2.13. The lowest BCUT2D eigenvalue weighted by molar-refractivity contribution is 0.0999. The van der Waals surface area contributed by atoms with Crippen molar-refractivity contribution >= 4 is 17.5 Å². The van der Waals surface area contributed by atoms with Gasteiger partial charge in [-0.25, -0.2) is 9.97 Å². The summed E-state index contributed by atoms with van der Waals surface area (Å²) >= 11 is 0. The van der Waals surface area contributed by atoms with E-state index in [1.54, 1.807) is 30.9 Å². The Hall–Kier alpha value is -3.28. The highest BCUT2D eigenvalue weighted by molar-refractivity contribution is 5.95. The Morgan fingerprint density at radius 2 is 1.79 bits per heavy atom. The van der Waals surface area contributed by atoms with Gasteiger partial charge in [-0.3, -0.25) is 9.78 Å². The molecule has 0 aliphatic heterocycles. The maximum absolute atomic E-state index is 11.4. The summed E-state index contributed by atoms with van der Waals surface area (Å²) in [4.78, 5) is 24.1. The number of carbonyl (C=O) groups excluding carboxylic acids is 1. The first kappa shape index (κ1) is 15.6. The molecule has 3 rings (SSSR count). The molecule has 3 aromatic rings. The summed E-state index contributed by atoms with van der Waals surface area (Å²) in [6.07, 6.45) is 6.90. The first-order valence-electron chi connectivity index (χ1n) is 7.45. The summed E-state index contributed by atoms with van der Waals surface area (Å²) < 4.78 is 0. The summed E-state index contributed by atoms with van der Waals surface area (Å²) in [5.41, 5.74) is 10.5. The van der Waals surface area contributed by atoms with Gasteiger partial charge < -0.3 is 11.1 Å². The number of amides is 1. The molecule has 6 heteroatoms. The number of primary amides is 1. The predicted molar refractivity (Wildman–Crippen MR) is 93.0 cm³/mol. The van der Waals surface area contributed by atoms with E-state index in [9.17, 15) is 4.79 Å². The van der Waals surface area contributed by atoms with Crippen LogP contribution in [0, 0.1) is 13.8 Å². The minimum Gasteiger partial charge on any atom is -0.366 e. The molecule has 2 heterocycles. The lowest BCUT2D eigenvalue weighted by Gasteiger charge is -2.12. The quantitative estimate of drug-likeness (QED) is 0.771. The largest absolute Gasteiger partial charge is 0.366 e. The van der Waals surface area contributed by atoms with Gasteiger partial charge in [0.2, 0.25) is 11.9 Å². The maximum atomic E-state index is 11.4. The van der Waals surface area contributed by atoms with Gasteiger partial charge in [-0.15, -0.1) is 0 Å². The fourth-order valence-corrected chi connectivity index (χ4v) is 2.50. The highest BCUT2D eigenvalue weighted by Gasteiger charge is 2.12. The zero-order chi connectivity index (χ0) is 17.1. The normalized spacial score (nSPS) is 10.4.